The molecule has 0 bridgehead atoms. The average molecular weight is 280 g/mol. The van der Waals surface area contributed by atoms with Gasteiger partial charge in [-0.05, 0) is 23.8 Å². The zero-order valence-electron chi connectivity index (χ0n) is 11.1. The lowest BCUT2D eigenvalue weighted by atomic mass is 10.1. The van der Waals surface area contributed by atoms with Crippen molar-refractivity contribution in [3.05, 3.63) is 52.8 Å². The van der Waals surface area contributed by atoms with Crippen molar-refractivity contribution in [2.45, 2.75) is 12.6 Å². The molecule has 0 saturated carbocycles. The summed E-state index contributed by atoms with van der Waals surface area (Å²) in [6.07, 6.45) is 1.80. The number of ether oxygens (including phenoxy) is 1. The van der Waals surface area contributed by atoms with Gasteiger partial charge in [-0.25, -0.2) is 0 Å². The monoisotopic (exact) mass is 279 g/mol. The third kappa shape index (κ3) is 3.80. The van der Waals surface area contributed by atoms with Gasteiger partial charge in [0.15, 0.2) is 0 Å². The molecular formula is C14H18ClN3O. The summed E-state index contributed by atoms with van der Waals surface area (Å²) < 4.78 is 7.13. The second-order valence-electron chi connectivity index (χ2n) is 4.39. The third-order valence-electron chi connectivity index (χ3n) is 3.06. The molecule has 5 heteroatoms. The molecule has 102 valence electrons. The van der Waals surface area contributed by atoms with E-state index in [1.54, 1.807) is 13.3 Å². The fourth-order valence-electron chi connectivity index (χ4n) is 1.94. The number of hydrogen-bond acceptors (Lipinski definition) is 3. The lowest BCUT2D eigenvalue weighted by Gasteiger charge is -2.18. The summed E-state index contributed by atoms with van der Waals surface area (Å²) in [4.78, 5) is 0. The minimum atomic E-state index is 0.136. The predicted octanol–water partition coefficient (Wildman–Crippen LogP) is 2.55. The Labute approximate surface area is 118 Å². The number of nitrogens with one attached hydrogen (secondary N) is 1. The SMILES string of the molecule is COCC(NCc1ccnn1C)c1ccc(Cl)cc1. The fourth-order valence-corrected chi connectivity index (χ4v) is 2.06. The van der Waals surface area contributed by atoms with Crippen molar-refractivity contribution in [1.82, 2.24) is 15.1 Å². The first-order valence-corrected chi connectivity index (χ1v) is 6.53. The van der Waals surface area contributed by atoms with E-state index in [1.165, 1.54) is 0 Å². The quantitative estimate of drug-likeness (QED) is 0.883. The Hall–Kier alpha value is -1.36. The van der Waals surface area contributed by atoms with Gasteiger partial charge in [0.2, 0.25) is 0 Å². The lowest BCUT2D eigenvalue weighted by molar-refractivity contribution is 0.166. The lowest BCUT2D eigenvalue weighted by Crippen LogP contribution is -2.25. The molecule has 2 rings (SSSR count). The minimum Gasteiger partial charge on any atom is -0.383 e. The molecule has 0 saturated heterocycles. The number of benzene rings is 1. The van der Waals surface area contributed by atoms with Crippen LogP contribution in [0.15, 0.2) is 36.5 Å². The summed E-state index contributed by atoms with van der Waals surface area (Å²) in [5.74, 6) is 0. The van der Waals surface area contributed by atoms with Gasteiger partial charge in [0.05, 0.1) is 18.3 Å². The summed E-state index contributed by atoms with van der Waals surface area (Å²) in [5.41, 5.74) is 2.29. The number of hydrogen-bond donors (Lipinski definition) is 1. The van der Waals surface area contributed by atoms with Crippen molar-refractivity contribution in [3.8, 4) is 0 Å². The summed E-state index contributed by atoms with van der Waals surface area (Å²) in [6.45, 7) is 1.35. The third-order valence-corrected chi connectivity index (χ3v) is 3.31. The van der Waals surface area contributed by atoms with Crippen molar-refractivity contribution < 1.29 is 4.74 Å². The smallest absolute Gasteiger partial charge is 0.0657 e. The number of rotatable bonds is 6. The highest BCUT2D eigenvalue weighted by atomic mass is 35.5. The molecular weight excluding hydrogens is 262 g/mol. The Balaban J connectivity index is 2.04. The van der Waals surface area contributed by atoms with Crippen LogP contribution < -0.4 is 5.32 Å². The van der Waals surface area contributed by atoms with E-state index in [0.717, 1.165) is 22.8 Å². The van der Waals surface area contributed by atoms with Crippen LogP contribution in [0.4, 0.5) is 0 Å². The van der Waals surface area contributed by atoms with E-state index >= 15 is 0 Å². The second-order valence-corrected chi connectivity index (χ2v) is 4.82. The van der Waals surface area contributed by atoms with Crippen molar-refractivity contribution in [2.24, 2.45) is 7.05 Å². The van der Waals surface area contributed by atoms with Crippen LogP contribution in [0.25, 0.3) is 0 Å². The second kappa shape index (κ2) is 6.70. The van der Waals surface area contributed by atoms with Gasteiger partial charge < -0.3 is 10.1 Å². The Morgan fingerprint density at radius 3 is 2.63 bits per heavy atom. The van der Waals surface area contributed by atoms with Crippen LogP contribution in [-0.2, 0) is 18.3 Å². The van der Waals surface area contributed by atoms with Crippen LogP contribution in [0.3, 0.4) is 0 Å². The summed E-state index contributed by atoms with van der Waals surface area (Å²) in [7, 11) is 3.64. The highest BCUT2D eigenvalue weighted by Gasteiger charge is 2.11. The molecule has 0 aliphatic carbocycles. The molecule has 1 heterocycles. The largest absolute Gasteiger partial charge is 0.383 e. The van der Waals surface area contributed by atoms with Gasteiger partial charge in [0.1, 0.15) is 0 Å². The van der Waals surface area contributed by atoms with Crippen molar-refractivity contribution in [2.75, 3.05) is 13.7 Å². The Kier molecular flexibility index (Phi) is 4.96. The Bertz CT molecular complexity index is 510. The van der Waals surface area contributed by atoms with Crippen molar-refractivity contribution in [3.63, 3.8) is 0 Å². The number of nitrogens with zero attached hydrogens (tertiary/aromatic N) is 2. The topological polar surface area (TPSA) is 39.1 Å². The molecule has 1 aromatic heterocycles. The van der Waals surface area contributed by atoms with Crippen LogP contribution >= 0.6 is 11.6 Å². The number of aromatic nitrogens is 2. The van der Waals surface area contributed by atoms with E-state index in [1.807, 2.05) is 42.1 Å². The first-order valence-electron chi connectivity index (χ1n) is 6.15. The zero-order valence-corrected chi connectivity index (χ0v) is 11.9. The summed E-state index contributed by atoms with van der Waals surface area (Å²) in [5, 5.41) is 8.37. The maximum atomic E-state index is 5.91. The van der Waals surface area contributed by atoms with E-state index < -0.39 is 0 Å². The predicted molar refractivity (Wildman–Crippen MR) is 76.1 cm³/mol. The Morgan fingerprint density at radius 2 is 2.05 bits per heavy atom. The van der Waals surface area contributed by atoms with Crippen LogP contribution in [0.5, 0.6) is 0 Å². The number of methoxy groups -OCH3 is 1. The van der Waals surface area contributed by atoms with Gasteiger partial charge in [-0.1, -0.05) is 23.7 Å². The molecule has 0 fully saturated rings. The van der Waals surface area contributed by atoms with Gasteiger partial charge in [0, 0.05) is 31.9 Å². The molecule has 4 nitrogen and oxygen atoms in total. The van der Waals surface area contributed by atoms with E-state index in [2.05, 4.69) is 10.4 Å². The van der Waals surface area contributed by atoms with E-state index in [9.17, 15) is 0 Å². The van der Waals surface area contributed by atoms with Gasteiger partial charge in [0.25, 0.3) is 0 Å². The van der Waals surface area contributed by atoms with Crippen LogP contribution in [0.1, 0.15) is 17.3 Å². The molecule has 0 spiro atoms. The summed E-state index contributed by atoms with van der Waals surface area (Å²) in [6, 6.07) is 9.96. The molecule has 0 amide bonds. The normalized spacial score (nSPS) is 12.6. The zero-order chi connectivity index (χ0) is 13.7. The van der Waals surface area contributed by atoms with Crippen LogP contribution in [0, 0.1) is 0 Å². The molecule has 1 atom stereocenters. The molecule has 0 aliphatic heterocycles. The van der Waals surface area contributed by atoms with Crippen LogP contribution in [-0.4, -0.2) is 23.5 Å². The average Bonchev–Trinajstić information content (AvgIpc) is 2.81. The number of halogens is 1. The fraction of sp³-hybridized carbons (Fsp3) is 0.357. The maximum absolute atomic E-state index is 5.91. The van der Waals surface area contributed by atoms with Gasteiger partial charge >= 0.3 is 0 Å². The Morgan fingerprint density at radius 1 is 1.32 bits per heavy atom. The van der Waals surface area contributed by atoms with Crippen molar-refractivity contribution in [1.29, 1.82) is 0 Å². The highest BCUT2D eigenvalue weighted by molar-refractivity contribution is 6.30. The molecule has 0 radical (unpaired) electrons. The van der Waals surface area contributed by atoms with E-state index in [0.29, 0.717) is 6.61 Å². The minimum absolute atomic E-state index is 0.136. The standard InChI is InChI=1S/C14H18ClN3O/c1-18-13(7-8-17-18)9-16-14(10-19-2)11-3-5-12(15)6-4-11/h3-8,14,16H,9-10H2,1-2H3. The molecule has 19 heavy (non-hydrogen) atoms. The van der Waals surface area contributed by atoms with Crippen molar-refractivity contribution >= 4 is 11.6 Å². The number of aryl methyl sites for hydroxylation is 1. The molecule has 1 aromatic carbocycles. The first-order chi connectivity index (χ1) is 9.20. The first kappa shape index (κ1) is 14.1. The van der Waals surface area contributed by atoms with E-state index in [-0.39, 0.29) is 6.04 Å². The maximum Gasteiger partial charge on any atom is 0.0657 e. The van der Waals surface area contributed by atoms with Crippen LogP contribution in [0.2, 0.25) is 5.02 Å². The van der Waals surface area contributed by atoms with Gasteiger partial charge in [-0.3, -0.25) is 4.68 Å². The molecule has 1 N–H and O–H groups in total. The molecule has 2 aromatic rings. The molecule has 0 aliphatic rings. The highest BCUT2D eigenvalue weighted by Crippen LogP contribution is 2.17. The van der Waals surface area contributed by atoms with Gasteiger partial charge in [-0.2, -0.15) is 5.10 Å². The molecule has 1 unspecified atom stereocenters. The van der Waals surface area contributed by atoms with Gasteiger partial charge in [-0.15, -0.1) is 0 Å². The summed E-state index contributed by atoms with van der Waals surface area (Å²) >= 11 is 5.91. The van der Waals surface area contributed by atoms with E-state index in [4.69, 9.17) is 16.3 Å².